The number of nitriles is 1. The van der Waals surface area contributed by atoms with Crippen molar-refractivity contribution in [3.05, 3.63) is 71.8 Å². The second-order valence-electron chi connectivity index (χ2n) is 4.81. The maximum atomic E-state index is 9.62. The Hall–Kier alpha value is -2.07. The minimum absolute atomic E-state index is 0.158. The summed E-state index contributed by atoms with van der Waals surface area (Å²) in [5.74, 6) is 0.158. The molecular weight excluding hydrogens is 218 g/mol. The topological polar surface area (TPSA) is 23.8 Å². The van der Waals surface area contributed by atoms with Crippen LogP contribution in [0.15, 0.2) is 60.7 Å². The van der Waals surface area contributed by atoms with Gasteiger partial charge in [-0.1, -0.05) is 67.6 Å². The zero-order chi connectivity index (χ0) is 13.0. The average Bonchev–Trinajstić information content (AvgIpc) is 2.47. The van der Waals surface area contributed by atoms with Gasteiger partial charge in [0, 0.05) is 5.92 Å². The Balaban J connectivity index is 2.43. The number of hydrogen-bond donors (Lipinski definition) is 0. The molecule has 0 heterocycles. The smallest absolute Gasteiger partial charge is 0.0859 e. The molecule has 2 atom stereocenters. The van der Waals surface area contributed by atoms with Crippen LogP contribution in [0.5, 0.6) is 0 Å². The molecule has 0 radical (unpaired) electrons. The Morgan fingerprint density at radius 3 is 1.94 bits per heavy atom. The molecule has 0 aliphatic heterocycles. The van der Waals surface area contributed by atoms with E-state index in [0.29, 0.717) is 0 Å². The lowest BCUT2D eigenvalue weighted by atomic mass is 9.71. The molecule has 18 heavy (non-hydrogen) atoms. The standard InChI is InChI=1S/C17H17N/c1-14(15-9-5-3-6-10-15)17(2,13-18)16-11-7-4-8-12-16/h3-12,14H,1-2H3/t14-,17-/m0/s1. The maximum Gasteiger partial charge on any atom is 0.0859 e. The van der Waals surface area contributed by atoms with Gasteiger partial charge >= 0.3 is 0 Å². The van der Waals surface area contributed by atoms with E-state index in [1.165, 1.54) is 5.56 Å². The Kier molecular flexibility index (Phi) is 3.48. The SMILES string of the molecule is C[C@@H](c1ccccc1)[C@](C)(C#N)c1ccccc1. The van der Waals surface area contributed by atoms with Crippen LogP contribution < -0.4 is 0 Å². The van der Waals surface area contributed by atoms with Crippen molar-refractivity contribution in [1.82, 2.24) is 0 Å². The normalized spacial score (nSPS) is 15.4. The fourth-order valence-electron chi connectivity index (χ4n) is 2.27. The fraction of sp³-hybridized carbons (Fsp3) is 0.235. The van der Waals surface area contributed by atoms with E-state index in [2.05, 4.69) is 25.1 Å². The van der Waals surface area contributed by atoms with Crippen molar-refractivity contribution in [3.63, 3.8) is 0 Å². The molecule has 0 unspecified atom stereocenters. The third-order valence-electron chi connectivity index (χ3n) is 3.77. The molecule has 0 saturated heterocycles. The Labute approximate surface area is 109 Å². The van der Waals surface area contributed by atoms with Crippen LogP contribution in [-0.4, -0.2) is 0 Å². The molecule has 0 bridgehead atoms. The van der Waals surface area contributed by atoms with Crippen molar-refractivity contribution in [2.24, 2.45) is 0 Å². The van der Waals surface area contributed by atoms with E-state index in [4.69, 9.17) is 0 Å². The van der Waals surface area contributed by atoms with Gasteiger partial charge in [0.2, 0.25) is 0 Å². The van der Waals surface area contributed by atoms with Crippen LogP contribution in [0.2, 0.25) is 0 Å². The van der Waals surface area contributed by atoms with Crippen molar-refractivity contribution in [2.45, 2.75) is 25.2 Å². The molecule has 90 valence electrons. The van der Waals surface area contributed by atoms with Gasteiger partial charge in [-0.3, -0.25) is 0 Å². The third-order valence-corrected chi connectivity index (χ3v) is 3.77. The zero-order valence-electron chi connectivity index (χ0n) is 10.8. The van der Waals surface area contributed by atoms with Gasteiger partial charge in [-0.25, -0.2) is 0 Å². The summed E-state index contributed by atoms with van der Waals surface area (Å²) in [5.41, 5.74) is 1.78. The summed E-state index contributed by atoms with van der Waals surface area (Å²) >= 11 is 0. The quantitative estimate of drug-likeness (QED) is 0.779. The van der Waals surface area contributed by atoms with E-state index >= 15 is 0 Å². The summed E-state index contributed by atoms with van der Waals surface area (Å²) < 4.78 is 0. The molecule has 0 aliphatic rings. The Bertz CT molecular complexity index is 539. The minimum atomic E-state index is -0.497. The van der Waals surface area contributed by atoms with Crippen LogP contribution in [0.25, 0.3) is 0 Å². The van der Waals surface area contributed by atoms with Crippen LogP contribution in [0.1, 0.15) is 30.9 Å². The first-order valence-electron chi connectivity index (χ1n) is 6.20. The van der Waals surface area contributed by atoms with Gasteiger partial charge in [0.15, 0.2) is 0 Å². The van der Waals surface area contributed by atoms with Gasteiger partial charge in [0.1, 0.15) is 0 Å². The fourth-order valence-corrected chi connectivity index (χ4v) is 2.27. The van der Waals surface area contributed by atoms with Gasteiger partial charge in [-0.2, -0.15) is 5.26 Å². The van der Waals surface area contributed by atoms with Crippen LogP contribution in [0.4, 0.5) is 0 Å². The third kappa shape index (κ3) is 2.15. The summed E-state index contributed by atoms with van der Waals surface area (Å²) in [7, 11) is 0. The molecule has 0 fully saturated rings. The predicted octanol–water partition coefficient (Wildman–Crippen LogP) is 4.27. The average molecular weight is 235 g/mol. The van der Waals surface area contributed by atoms with Gasteiger partial charge < -0.3 is 0 Å². The van der Waals surface area contributed by atoms with E-state index in [1.54, 1.807) is 0 Å². The van der Waals surface area contributed by atoms with Crippen LogP contribution >= 0.6 is 0 Å². The van der Waals surface area contributed by atoms with Crippen LogP contribution in [0.3, 0.4) is 0 Å². The van der Waals surface area contributed by atoms with Crippen molar-refractivity contribution >= 4 is 0 Å². The lowest BCUT2D eigenvalue weighted by molar-refractivity contribution is 0.504. The molecule has 0 aliphatic carbocycles. The summed E-state index contributed by atoms with van der Waals surface area (Å²) in [6.07, 6.45) is 0. The largest absolute Gasteiger partial charge is 0.197 e. The first kappa shape index (κ1) is 12.4. The van der Waals surface area contributed by atoms with Crippen molar-refractivity contribution in [2.75, 3.05) is 0 Å². The van der Waals surface area contributed by atoms with Gasteiger partial charge in [0.25, 0.3) is 0 Å². The second-order valence-corrected chi connectivity index (χ2v) is 4.81. The van der Waals surface area contributed by atoms with E-state index in [-0.39, 0.29) is 5.92 Å². The first-order chi connectivity index (χ1) is 8.68. The Morgan fingerprint density at radius 1 is 0.944 bits per heavy atom. The van der Waals surface area contributed by atoms with Crippen LogP contribution in [0, 0.1) is 11.3 Å². The number of nitrogens with zero attached hydrogens (tertiary/aromatic N) is 1. The molecule has 0 N–H and O–H groups in total. The number of hydrogen-bond acceptors (Lipinski definition) is 1. The monoisotopic (exact) mass is 235 g/mol. The molecule has 0 aromatic heterocycles. The van der Waals surface area contributed by atoms with Gasteiger partial charge in [0.05, 0.1) is 11.5 Å². The van der Waals surface area contributed by atoms with Crippen LogP contribution in [-0.2, 0) is 5.41 Å². The highest BCUT2D eigenvalue weighted by atomic mass is 14.4. The van der Waals surface area contributed by atoms with E-state index in [0.717, 1.165) is 5.56 Å². The first-order valence-corrected chi connectivity index (χ1v) is 6.20. The molecule has 2 aromatic rings. The highest BCUT2D eigenvalue weighted by molar-refractivity contribution is 5.38. The molecule has 0 saturated carbocycles. The molecule has 2 rings (SSSR count). The maximum absolute atomic E-state index is 9.62. The molecule has 1 nitrogen and oxygen atoms in total. The molecular formula is C17H17N. The van der Waals surface area contributed by atoms with E-state index < -0.39 is 5.41 Å². The Morgan fingerprint density at radius 2 is 1.44 bits per heavy atom. The second kappa shape index (κ2) is 5.06. The van der Waals surface area contributed by atoms with Crippen molar-refractivity contribution in [3.8, 4) is 6.07 Å². The molecule has 0 amide bonds. The van der Waals surface area contributed by atoms with E-state index in [1.807, 2.05) is 55.5 Å². The van der Waals surface area contributed by atoms with Crippen molar-refractivity contribution < 1.29 is 0 Å². The number of rotatable bonds is 3. The molecule has 2 aromatic carbocycles. The summed E-state index contributed by atoms with van der Waals surface area (Å²) in [5, 5.41) is 9.62. The molecule has 0 spiro atoms. The highest BCUT2D eigenvalue weighted by Gasteiger charge is 2.33. The summed E-state index contributed by atoms with van der Waals surface area (Å²) in [4.78, 5) is 0. The zero-order valence-corrected chi connectivity index (χ0v) is 10.8. The number of benzene rings is 2. The lowest BCUT2D eigenvalue weighted by Crippen LogP contribution is -2.26. The minimum Gasteiger partial charge on any atom is -0.197 e. The van der Waals surface area contributed by atoms with E-state index in [9.17, 15) is 5.26 Å². The summed E-state index contributed by atoms with van der Waals surface area (Å²) in [6, 6.07) is 22.7. The van der Waals surface area contributed by atoms with Gasteiger partial charge in [-0.05, 0) is 18.1 Å². The highest BCUT2D eigenvalue weighted by Crippen LogP contribution is 2.37. The summed E-state index contributed by atoms with van der Waals surface area (Å²) in [6.45, 7) is 4.13. The molecule has 1 heteroatoms. The van der Waals surface area contributed by atoms with Crippen molar-refractivity contribution in [1.29, 1.82) is 5.26 Å². The van der Waals surface area contributed by atoms with Gasteiger partial charge in [-0.15, -0.1) is 0 Å². The predicted molar refractivity (Wildman–Crippen MR) is 74.3 cm³/mol. The lowest BCUT2D eigenvalue weighted by Gasteiger charge is -2.29.